The van der Waals surface area contributed by atoms with E-state index in [0.717, 1.165) is 12.8 Å². The van der Waals surface area contributed by atoms with E-state index in [0.29, 0.717) is 17.8 Å². The van der Waals surface area contributed by atoms with Gasteiger partial charge in [0, 0.05) is 12.3 Å². The van der Waals surface area contributed by atoms with Crippen molar-refractivity contribution in [3.63, 3.8) is 0 Å². The van der Waals surface area contributed by atoms with Crippen LogP contribution < -0.4 is 0 Å². The van der Waals surface area contributed by atoms with Crippen molar-refractivity contribution >= 4 is 5.78 Å². The van der Waals surface area contributed by atoms with E-state index >= 15 is 0 Å². The maximum atomic E-state index is 11.4. The minimum atomic E-state index is 0.139. The van der Waals surface area contributed by atoms with Crippen LogP contribution in [0.4, 0.5) is 0 Å². The molecule has 0 spiro atoms. The SMILES string of the molecule is CCC(=O)C(C)CCc1ccc(C#N)cc1. The smallest absolute Gasteiger partial charge is 0.135 e. The second-order valence-corrected chi connectivity index (χ2v) is 4.07. The van der Waals surface area contributed by atoms with Gasteiger partial charge in [-0.1, -0.05) is 26.0 Å². The molecule has 1 aromatic rings. The summed E-state index contributed by atoms with van der Waals surface area (Å²) in [6.45, 7) is 3.88. The number of hydrogen-bond acceptors (Lipinski definition) is 2. The number of Topliss-reactive ketones (excluding diaryl/α,β-unsaturated/α-hetero) is 1. The van der Waals surface area contributed by atoms with Crippen molar-refractivity contribution in [1.29, 1.82) is 5.26 Å². The molecule has 16 heavy (non-hydrogen) atoms. The Morgan fingerprint density at radius 2 is 2.00 bits per heavy atom. The molecule has 0 saturated heterocycles. The van der Waals surface area contributed by atoms with E-state index < -0.39 is 0 Å². The molecular weight excluding hydrogens is 198 g/mol. The van der Waals surface area contributed by atoms with Crippen LogP contribution in [-0.4, -0.2) is 5.78 Å². The van der Waals surface area contributed by atoms with Crippen molar-refractivity contribution in [2.75, 3.05) is 0 Å². The summed E-state index contributed by atoms with van der Waals surface area (Å²) in [4.78, 5) is 11.4. The van der Waals surface area contributed by atoms with Gasteiger partial charge in [0.25, 0.3) is 0 Å². The summed E-state index contributed by atoms with van der Waals surface area (Å²) < 4.78 is 0. The van der Waals surface area contributed by atoms with Gasteiger partial charge in [-0.3, -0.25) is 4.79 Å². The lowest BCUT2D eigenvalue weighted by Gasteiger charge is -2.08. The van der Waals surface area contributed by atoms with Crippen molar-refractivity contribution < 1.29 is 4.79 Å². The van der Waals surface area contributed by atoms with Gasteiger partial charge in [0.2, 0.25) is 0 Å². The first-order valence-corrected chi connectivity index (χ1v) is 5.69. The molecule has 1 aromatic carbocycles. The summed E-state index contributed by atoms with van der Waals surface area (Å²) in [5.74, 6) is 0.467. The van der Waals surface area contributed by atoms with Crippen LogP contribution in [0.15, 0.2) is 24.3 Å². The number of rotatable bonds is 5. The topological polar surface area (TPSA) is 40.9 Å². The molecule has 0 bridgehead atoms. The van der Waals surface area contributed by atoms with Gasteiger partial charge in [-0.15, -0.1) is 0 Å². The number of benzene rings is 1. The minimum Gasteiger partial charge on any atom is -0.299 e. The summed E-state index contributed by atoms with van der Waals surface area (Å²) >= 11 is 0. The zero-order valence-corrected chi connectivity index (χ0v) is 9.86. The van der Waals surface area contributed by atoms with Gasteiger partial charge in [-0.05, 0) is 30.5 Å². The number of carbonyl (C=O) groups excluding carboxylic acids is 1. The van der Waals surface area contributed by atoms with Crippen molar-refractivity contribution in [1.82, 2.24) is 0 Å². The molecule has 1 unspecified atom stereocenters. The van der Waals surface area contributed by atoms with E-state index in [2.05, 4.69) is 6.07 Å². The second-order valence-electron chi connectivity index (χ2n) is 4.07. The monoisotopic (exact) mass is 215 g/mol. The van der Waals surface area contributed by atoms with Crippen LogP contribution in [0.5, 0.6) is 0 Å². The first-order chi connectivity index (χ1) is 7.67. The fourth-order valence-electron chi connectivity index (χ4n) is 1.64. The van der Waals surface area contributed by atoms with Gasteiger partial charge in [0.1, 0.15) is 5.78 Å². The Hall–Kier alpha value is -1.62. The van der Waals surface area contributed by atoms with Crippen molar-refractivity contribution in [2.24, 2.45) is 5.92 Å². The number of nitriles is 1. The zero-order chi connectivity index (χ0) is 12.0. The molecule has 2 nitrogen and oxygen atoms in total. The van der Waals surface area contributed by atoms with Gasteiger partial charge < -0.3 is 0 Å². The molecule has 2 heteroatoms. The molecule has 0 fully saturated rings. The fourth-order valence-corrected chi connectivity index (χ4v) is 1.64. The number of aryl methyl sites for hydroxylation is 1. The van der Waals surface area contributed by atoms with Crippen LogP contribution in [0.25, 0.3) is 0 Å². The maximum absolute atomic E-state index is 11.4. The third-order valence-corrected chi connectivity index (χ3v) is 2.85. The molecule has 1 atom stereocenters. The molecule has 0 aromatic heterocycles. The van der Waals surface area contributed by atoms with E-state index in [1.165, 1.54) is 5.56 Å². The molecule has 84 valence electrons. The summed E-state index contributed by atoms with van der Waals surface area (Å²) in [5, 5.41) is 8.66. The van der Waals surface area contributed by atoms with E-state index in [9.17, 15) is 4.79 Å². The summed E-state index contributed by atoms with van der Waals surface area (Å²) in [6.07, 6.45) is 2.41. The quantitative estimate of drug-likeness (QED) is 0.757. The lowest BCUT2D eigenvalue weighted by atomic mass is 9.96. The van der Waals surface area contributed by atoms with Crippen LogP contribution >= 0.6 is 0 Å². The average molecular weight is 215 g/mol. The molecule has 0 amide bonds. The van der Waals surface area contributed by atoms with Crippen molar-refractivity contribution in [3.05, 3.63) is 35.4 Å². The van der Waals surface area contributed by atoms with E-state index in [1.54, 1.807) is 0 Å². The third kappa shape index (κ3) is 3.51. The van der Waals surface area contributed by atoms with Crippen molar-refractivity contribution in [2.45, 2.75) is 33.1 Å². The molecule has 0 N–H and O–H groups in total. The van der Waals surface area contributed by atoms with Gasteiger partial charge in [-0.2, -0.15) is 5.26 Å². The van der Waals surface area contributed by atoms with E-state index in [4.69, 9.17) is 5.26 Å². The lowest BCUT2D eigenvalue weighted by Crippen LogP contribution is -2.10. The summed E-state index contributed by atoms with van der Waals surface area (Å²) in [7, 11) is 0. The summed E-state index contributed by atoms with van der Waals surface area (Å²) in [5.41, 5.74) is 1.87. The third-order valence-electron chi connectivity index (χ3n) is 2.85. The minimum absolute atomic E-state index is 0.139. The molecular formula is C14H17NO. The Bertz CT molecular complexity index is 386. The van der Waals surface area contributed by atoms with Crippen LogP contribution in [-0.2, 0) is 11.2 Å². The van der Waals surface area contributed by atoms with Gasteiger partial charge in [-0.25, -0.2) is 0 Å². The highest BCUT2D eigenvalue weighted by atomic mass is 16.1. The van der Waals surface area contributed by atoms with E-state index in [-0.39, 0.29) is 5.92 Å². The first-order valence-electron chi connectivity index (χ1n) is 5.69. The molecule has 1 rings (SSSR count). The molecule has 0 radical (unpaired) electrons. The van der Waals surface area contributed by atoms with Gasteiger partial charge in [0.15, 0.2) is 0 Å². The fraction of sp³-hybridized carbons (Fsp3) is 0.429. The normalized spacial score (nSPS) is 11.8. The zero-order valence-electron chi connectivity index (χ0n) is 9.86. The van der Waals surface area contributed by atoms with Crippen LogP contribution in [0.3, 0.4) is 0 Å². The first kappa shape index (κ1) is 12.4. The molecule has 0 aliphatic heterocycles. The Morgan fingerprint density at radius 1 is 1.38 bits per heavy atom. The standard InChI is InChI=1S/C14H17NO/c1-3-14(16)11(2)4-5-12-6-8-13(10-15)9-7-12/h6-9,11H,3-5H2,1-2H3. The van der Waals surface area contributed by atoms with Gasteiger partial charge >= 0.3 is 0 Å². The van der Waals surface area contributed by atoms with Crippen LogP contribution in [0.2, 0.25) is 0 Å². The highest BCUT2D eigenvalue weighted by molar-refractivity contribution is 5.80. The van der Waals surface area contributed by atoms with Gasteiger partial charge in [0.05, 0.1) is 11.6 Å². The Morgan fingerprint density at radius 3 is 2.50 bits per heavy atom. The predicted molar refractivity (Wildman–Crippen MR) is 63.9 cm³/mol. The number of hydrogen-bond donors (Lipinski definition) is 0. The molecule has 0 aliphatic rings. The Kier molecular flexibility index (Phi) is 4.72. The second kappa shape index (κ2) is 6.07. The molecule has 0 aliphatic carbocycles. The van der Waals surface area contributed by atoms with E-state index in [1.807, 2.05) is 38.1 Å². The van der Waals surface area contributed by atoms with Crippen LogP contribution in [0, 0.1) is 17.2 Å². The summed E-state index contributed by atoms with van der Waals surface area (Å²) in [6, 6.07) is 9.65. The largest absolute Gasteiger partial charge is 0.299 e. The molecule has 0 heterocycles. The predicted octanol–water partition coefficient (Wildman–Crippen LogP) is 3.11. The van der Waals surface area contributed by atoms with Crippen molar-refractivity contribution in [3.8, 4) is 6.07 Å². The van der Waals surface area contributed by atoms with Crippen LogP contribution in [0.1, 0.15) is 37.8 Å². The average Bonchev–Trinajstić information content (AvgIpc) is 2.35. The molecule has 0 saturated carbocycles. The lowest BCUT2D eigenvalue weighted by molar-refractivity contribution is -0.122. The number of nitrogens with zero attached hydrogens (tertiary/aromatic N) is 1. The Balaban J connectivity index is 2.49. The Labute approximate surface area is 96.9 Å². The number of carbonyl (C=O) groups is 1. The number of ketones is 1. The highest BCUT2D eigenvalue weighted by Crippen LogP contribution is 2.12. The maximum Gasteiger partial charge on any atom is 0.135 e. The highest BCUT2D eigenvalue weighted by Gasteiger charge is 2.10.